The molecule has 0 spiro atoms. The molecular weight excluding hydrogens is 318 g/mol. The molecule has 2 aromatic rings. The lowest BCUT2D eigenvalue weighted by atomic mass is 10.2. The zero-order valence-corrected chi connectivity index (χ0v) is 14.8. The third kappa shape index (κ3) is 4.64. The number of benzene rings is 1. The second-order valence-corrected chi connectivity index (χ2v) is 6.80. The second kappa shape index (κ2) is 7.76. The number of carbonyl (C=O) groups excluding carboxylic acids is 1. The molecule has 0 radical (unpaired) electrons. The van der Waals surface area contributed by atoms with Crippen molar-refractivity contribution in [1.82, 2.24) is 25.1 Å². The summed E-state index contributed by atoms with van der Waals surface area (Å²) in [6.45, 7) is 8.17. The average molecular weight is 343 g/mol. The highest BCUT2D eigenvalue weighted by Crippen LogP contribution is 2.09. The molecule has 1 saturated heterocycles. The highest BCUT2D eigenvalue weighted by atomic mass is 16.2. The first-order chi connectivity index (χ1) is 12.0. The van der Waals surface area contributed by atoms with Crippen LogP contribution in [0.1, 0.15) is 19.5 Å². The van der Waals surface area contributed by atoms with Crippen LogP contribution in [0.4, 0.5) is 0 Å². The van der Waals surface area contributed by atoms with Crippen LogP contribution in [-0.2, 0) is 11.3 Å². The lowest BCUT2D eigenvalue weighted by Crippen LogP contribution is -2.50. The molecule has 1 amide bonds. The molecule has 2 heterocycles. The quantitative estimate of drug-likeness (QED) is 0.829. The number of nitrogens with one attached hydrogen (secondary N) is 2. The van der Waals surface area contributed by atoms with Gasteiger partial charge in [-0.1, -0.05) is 12.1 Å². The number of carbonyl (C=O) groups is 1. The van der Waals surface area contributed by atoms with Gasteiger partial charge in [-0.15, -0.1) is 0 Å². The Morgan fingerprint density at radius 3 is 2.60 bits per heavy atom. The van der Waals surface area contributed by atoms with E-state index in [2.05, 4.69) is 25.1 Å². The third-order valence-electron chi connectivity index (χ3n) is 4.32. The Morgan fingerprint density at radius 2 is 1.88 bits per heavy atom. The van der Waals surface area contributed by atoms with Crippen molar-refractivity contribution in [2.24, 2.45) is 0 Å². The predicted molar refractivity (Wildman–Crippen MR) is 97.4 cm³/mol. The molecule has 1 aromatic heterocycles. The number of para-hydroxylation sites is 2. The van der Waals surface area contributed by atoms with Gasteiger partial charge >= 0.3 is 0 Å². The standard InChI is InChI=1S/C18H25N5O2/c1-13(2)19-17(24)12-23-9-7-22(8-10-23)11-16-18(25)21-15-6-4-3-5-14(15)20-16/h3-6,13H,7-12H2,1-2H3,(H,19,24)(H,21,25). The van der Waals surface area contributed by atoms with Gasteiger partial charge in [0.1, 0.15) is 5.69 Å². The first-order valence-electron chi connectivity index (χ1n) is 8.73. The van der Waals surface area contributed by atoms with E-state index in [-0.39, 0.29) is 17.5 Å². The number of nitrogens with zero attached hydrogens (tertiary/aromatic N) is 3. The molecule has 2 N–H and O–H groups in total. The molecule has 0 bridgehead atoms. The molecular formula is C18H25N5O2. The van der Waals surface area contributed by atoms with E-state index in [9.17, 15) is 9.59 Å². The van der Waals surface area contributed by atoms with Crippen LogP contribution in [0.5, 0.6) is 0 Å². The van der Waals surface area contributed by atoms with Crippen molar-refractivity contribution >= 4 is 16.9 Å². The van der Waals surface area contributed by atoms with Gasteiger partial charge in [-0.3, -0.25) is 19.4 Å². The Balaban J connectivity index is 1.56. The van der Waals surface area contributed by atoms with Gasteiger partial charge in [0, 0.05) is 38.8 Å². The topological polar surface area (TPSA) is 81.3 Å². The largest absolute Gasteiger partial charge is 0.353 e. The fourth-order valence-corrected chi connectivity index (χ4v) is 3.06. The summed E-state index contributed by atoms with van der Waals surface area (Å²) < 4.78 is 0. The highest BCUT2D eigenvalue weighted by molar-refractivity contribution is 5.78. The maximum Gasteiger partial charge on any atom is 0.271 e. The van der Waals surface area contributed by atoms with Crippen LogP contribution in [0.3, 0.4) is 0 Å². The zero-order valence-electron chi connectivity index (χ0n) is 14.8. The van der Waals surface area contributed by atoms with Gasteiger partial charge in [-0.2, -0.15) is 0 Å². The van der Waals surface area contributed by atoms with Gasteiger partial charge in [0.2, 0.25) is 5.91 Å². The van der Waals surface area contributed by atoms with E-state index in [0.29, 0.717) is 18.8 Å². The number of piperazine rings is 1. The first-order valence-corrected chi connectivity index (χ1v) is 8.73. The molecule has 0 unspecified atom stereocenters. The van der Waals surface area contributed by atoms with Gasteiger partial charge in [0.05, 0.1) is 17.6 Å². The van der Waals surface area contributed by atoms with E-state index < -0.39 is 0 Å². The van der Waals surface area contributed by atoms with Crippen molar-refractivity contribution in [2.75, 3.05) is 32.7 Å². The van der Waals surface area contributed by atoms with Crippen LogP contribution in [-0.4, -0.2) is 64.4 Å². The molecule has 7 nitrogen and oxygen atoms in total. The summed E-state index contributed by atoms with van der Waals surface area (Å²) in [6, 6.07) is 7.72. The molecule has 0 saturated carbocycles. The minimum Gasteiger partial charge on any atom is -0.353 e. The van der Waals surface area contributed by atoms with Crippen LogP contribution in [0.2, 0.25) is 0 Å². The predicted octanol–water partition coefficient (Wildman–Crippen LogP) is 0.565. The number of aromatic amines is 1. The molecule has 1 fully saturated rings. The Hall–Kier alpha value is -2.25. The van der Waals surface area contributed by atoms with E-state index in [4.69, 9.17) is 0 Å². The van der Waals surface area contributed by atoms with Gasteiger partial charge < -0.3 is 10.3 Å². The van der Waals surface area contributed by atoms with Crippen molar-refractivity contribution < 1.29 is 4.79 Å². The molecule has 0 atom stereocenters. The van der Waals surface area contributed by atoms with Crippen LogP contribution in [0.15, 0.2) is 29.1 Å². The summed E-state index contributed by atoms with van der Waals surface area (Å²) in [5.41, 5.74) is 1.99. The zero-order chi connectivity index (χ0) is 17.8. The smallest absolute Gasteiger partial charge is 0.271 e. The minimum absolute atomic E-state index is 0.0658. The lowest BCUT2D eigenvalue weighted by molar-refractivity contribution is -0.123. The summed E-state index contributed by atoms with van der Waals surface area (Å²) in [5, 5.41) is 2.92. The van der Waals surface area contributed by atoms with Gasteiger partial charge in [0.15, 0.2) is 0 Å². The monoisotopic (exact) mass is 343 g/mol. The Labute approximate surface area is 147 Å². The fourth-order valence-electron chi connectivity index (χ4n) is 3.06. The number of hydrogen-bond acceptors (Lipinski definition) is 5. The summed E-state index contributed by atoms with van der Waals surface area (Å²) in [6.07, 6.45) is 0. The first kappa shape index (κ1) is 17.6. The number of H-pyrrole nitrogens is 1. The highest BCUT2D eigenvalue weighted by Gasteiger charge is 2.20. The minimum atomic E-state index is -0.127. The number of hydrogen-bond donors (Lipinski definition) is 2. The maximum atomic E-state index is 12.2. The Kier molecular flexibility index (Phi) is 5.45. The van der Waals surface area contributed by atoms with Crippen molar-refractivity contribution in [3.8, 4) is 0 Å². The Bertz CT molecular complexity index is 793. The fraction of sp³-hybridized carbons (Fsp3) is 0.500. The van der Waals surface area contributed by atoms with E-state index in [1.54, 1.807) is 0 Å². The number of rotatable bonds is 5. The SMILES string of the molecule is CC(C)NC(=O)CN1CCN(Cc2nc3ccccc3[nH]c2=O)CC1. The van der Waals surface area contributed by atoms with Gasteiger partial charge in [0.25, 0.3) is 5.56 Å². The molecule has 3 rings (SSSR count). The van der Waals surface area contributed by atoms with Gasteiger partial charge in [-0.25, -0.2) is 4.98 Å². The normalized spacial score (nSPS) is 16.4. The van der Waals surface area contributed by atoms with Crippen molar-refractivity contribution in [3.63, 3.8) is 0 Å². The van der Waals surface area contributed by atoms with Crippen molar-refractivity contribution in [3.05, 3.63) is 40.3 Å². The molecule has 1 aliphatic heterocycles. The number of amides is 1. The van der Waals surface area contributed by atoms with Crippen LogP contribution in [0.25, 0.3) is 11.0 Å². The second-order valence-electron chi connectivity index (χ2n) is 6.80. The molecule has 1 aromatic carbocycles. The van der Waals surface area contributed by atoms with E-state index in [1.165, 1.54) is 0 Å². The van der Waals surface area contributed by atoms with E-state index in [1.807, 2.05) is 38.1 Å². The van der Waals surface area contributed by atoms with E-state index in [0.717, 1.165) is 37.2 Å². The Morgan fingerprint density at radius 1 is 1.20 bits per heavy atom. The van der Waals surface area contributed by atoms with Crippen LogP contribution >= 0.6 is 0 Å². The molecule has 0 aliphatic carbocycles. The summed E-state index contributed by atoms with van der Waals surface area (Å²) >= 11 is 0. The summed E-state index contributed by atoms with van der Waals surface area (Å²) in [5.74, 6) is 0.0658. The van der Waals surface area contributed by atoms with Crippen LogP contribution < -0.4 is 10.9 Å². The molecule has 25 heavy (non-hydrogen) atoms. The van der Waals surface area contributed by atoms with Crippen molar-refractivity contribution in [1.29, 1.82) is 0 Å². The molecule has 134 valence electrons. The summed E-state index contributed by atoms with van der Waals surface area (Å²) in [4.78, 5) is 35.8. The molecule has 7 heteroatoms. The van der Waals surface area contributed by atoms with Gasteiger partial charge in [-0.05, 0) is 26.0 Å². The lowest BCUT2D eigenvalue weighted by Gasteiger charge is -2.34. The number of fused-ring (bicyclic) bond motifs is 1. The number of aromatic nitrogens is 2. The summed E-state index contributed by atoms with van der Waals surface area (Å²) in [7, 11) is 0. The average Bonchev–Trinajstić information content (AvgIpc) is 2.56. The maximum absolute atomic E-state index is 12.2. The van der Waals surface area contributed by atoms with Crippen LogP contribution in [0, 0.1) is 0 Å². The molecule has 1 aliphatic rings. The van der Waals surface area contributed by atoms with Crippen molar-refractivity contribution in [2.45, 2.75) is 26.4 Å². The van der Waals surface area contributed by atoms with E-state index >= 15 is 0 Å². The third-order valence-corrected chi connectivity index (χ3v) is 4.32.